The SMILES string of the molecule is CNCc1cc(C)nc(N(Cc2ccsc2)C2CC2)c1. The minimum atomic E-state index is 0.673. The highest BCUT2D eigenvalue weighted by Crippen LogP contribution is 2.33. The van der Waals surface area contributed by atoms with Crippen molar-refractivity contribution in [3.8, 4) is 0 Å². The zero-order valence-electron chi connectivity index (χ0n) is 12.1. The fraction of sp³-hybridized carbons (Fsp3) is 0.438. The Morgan fingerprint density at radius 1 is 1.35 bits per heavy atom. The van der Waals surface area contributed by atoms with Gasteiger partial charge in [-0.1, -0.05) is 0 Å². The second-order valence-corrected chi connectivity index (χ2v) is 6.28. The number of anilines is 1. The van der Waals surface area contributed by atoms with Crippen LogP contribution >= 0.6 is 11.3 Å². The Labute approximate surface area is 124 Å². The highest BCUT2D eigenvalue weighted by Gasteiger charge is 2.30. The van der Waals surface area contributed by atoms with Gasteiger partial charge in [0, 0.05) is 24.8 Å². The van der Waals surface area contributed by atoms with Gasteiger partial charge in [-0.3, -0.25) is 0 Å². The number of hydrogen-bond donors (Lipinski definition) is 1. The molecule has 1 aliphatic rings. The number of aromatic nitrogens is 1. The van der Waals surface area contributed by atoms with Gasteiger partial charge in [0.25, 0.3) is 0 Å². The summed E-state index contributed by atoms with van der Waals surface area (Å²) in [5.41, 5.74) is 3.80. The molecule has 0 saturated heterocycles. The Hall–Kier alpha value is -1.39. The molecule has 0 unspecified atom stereocenters. The van der Waals surface area contributed by atoms with Crippen LogP contribution in [-0.4, -0.2) is 18.1 Å². The molecular formula is C16H21N3S. The highest BCUT2D eigenvalue weighted by molar-refractivity contribution is 7.07. The van der Waals surface area contributed by atoms with Crippen molar-refractivity contribution in [2.45, 2.75) is 38.9 Å². The third-order valence-corrected chi connectivity index (χ3v) is 4.33. The Bertz CT molecular complexity index is 561. The molecule has 4 heteroatoms. The Morgan fingerprint density at radius 2 is 2.20 bits per heavy atom. The van der Waals surface area contributed by atoms with Gasteiger partial charge in [0.1, 0.15) is 5.82 Å². The zero-order chi connectivity index (χ0) is 13.9. The highest BCUT2D eigenvalue weighted by atomic mass is 32.1. The number of hydrogen-bond acceptors (Lipinski definition) is 4. The Kier molecular flexibility index (Phi) is 4.03. The quantitative estimate of drug-likeness (QED) is 0.883. The van der Waals surface area contributed by atoms with Crippen molar-refractivity contribution in [2.24, 2.45) is 0 Å². The lowest BCUT2D eigenvalue weighted by Crippen LogP contribution is -2.26. The van der Waals surface area contributed by atoms with E-state index in [1.54, 1.807) is 11.3 Å². The van der Waals surface area contributed by atoms with Crippen LogP contribution in [-0.2, 0) is 13.1 Å². The average Bonchev–Trinajstić information content (AvgIpc) is 3.12. The van der Waals surface area contributed by atoms with Crippen LogP contribution in [0.25, 0.3) is 0 Å². The number of nitrogens with one attached hydrogen (secondary N) is 1. The second-order valence-electron chi connectivity index (χ2n) is 5.50. The summed E-state index contributed by atoms with van der Waals surface area (Å²) in [5, 5.41) is 7.61. The fourth-order valence-electron chi connectivity index (χ4n) is 2.54. The van der Waals surface area contributed by atoms with Crippen LogP contribution in [0.2, 0.25) is 0 Å². The first-order chi connectivity index (χ1) is 9.76. The lowest BCUT2D eigenvalue weighted by molar-refractivity contribution is 0.768. The number of rotatable bonds is 6. The normalized spacial score (nSPS) is 14.5. The maximum absolute atomic E-state index is 4.76. The first kappa shape index (κ1) is 13.6. The molecule has 1 N–H and O–H groups in total. The predicted molar refractivity (Wildman–Crippen MR) is 85.3 cm³/mol. The summed E-state index contributed by atoms with van der Waals surface area (Å²) < 4.78 is 0. The molecule has 0 amide bonds. The predicted octanol–water partition coefficient (Wildman–Crippen LogP) is 3.34. The van der Waals surface area contributed by atoms with Crippen molar-refractivity contribution < 1.29 is 0 Å². The van der Waals surface area contributed by atoms with Crippen LogP contribution in [0.15, 0.2) is 29.0 Å². The topological polar surface area (TPSA) is 28.2 Å². The van der Waals surface area contributed by atoms with Crippen molar-refractivity contribution in [1.29, 1.82) is 0 Å². The molecule has 106 valence electrons. The molecule has 2 aromatic heterocycles. The lowest BCUT2D eigenvalue weighted by Gasteiger charge is -2.24. The minimum Gasteiger partial charge on any atom is -0.349 e. The monoisotopic (exact) mass is 287 g/mol. The maximum atomic E-state index is 4.76. The van der Waals surface area contributed by atoms with E-state index in [4.69, 9.17) is 4.98 Å². The number of thiophene rings is 1. The van der Waals surface area contributed by atoms with Crippen LogP contribution < -0.4 is 10.2 Å². The summed E-state index contributed by atoms with van der Waals surface area (Å²) in [7, 11) is 1.99. The molecule has 3 rings (SSSR count). The maximum Gasteiger partial charge on any atom is 0.129 e. The van der Waals surface area contributed by atoms with Gasteiger partial charge in [0.2, 0.25) is 0 Å². The van der Waals surface area contributed by atoms with Gasteiger partial charge in [-0.25, -0.2) is 4.98 Å². The average molecular weight is 287 g/mol. The number of nitrogens with zero attached hydrogens (tertiary/aromatic N) is 2. The third kappa shape index (κ3) is 3.19. The van der Waals surface area contributed by atoms with E-state index in [0.717, 1.165) is 24.6 Å². The van der Waals surface area contributed by atoms with E-state index in [0.29, 0.717) is 6.04 Å². The Balaban J connectivity index is 1.86. The second kappa shape index (κ2) is 5.94. The third-order valence-electron chi connectivity index (χ3n) is 3.60. The smallest absolute Gasteiger partial charge is 0.129 e. The van der Waals surface area contributed by atoms with Crippen LogP contribution in [0, 0.1) is 6.92 Å². The first-order valence-corrected chi connectivity index (χ1v) is 8.10. The number of aryl methyl sites for hydroxylation is 1. The van der Waals surface area contributed by atoms with Gasteiger partial charge < -0.3 is 10.2 Å². The zero-order valence-corrected chi connectivity index (χ0v) is 12.9. The molecule has 1 saturated carbocycles. The lowest BCUT2D eigenvalue weighted by atomic mass is 10.2. The van der Waals surface area contributed by atoms with Crippen molar-refractivity contribution in [1.82, 2.24) is 10.3 Å². The molecule has 1 fully saturated rings. The van der Waals surface area contributed by atoms with Crippen LogP contribution in [0.3, 0.4) is 0 Å². The molecule has 2 aromatic rings. The summed E-state index contributed by atoms with van der Waals surface area (Å²) in [4.78, 5) is 7.23. The van der Waals surface area contributed by atoms with Gasteiger partial charge in [-0.2, -0.15) is 11.3 Å². The van der Waals surface area contributed by atoms with Crippen LogP contribution in [0.5, 0.6) is 0 Å². The van der Waals surface area contributed by atoms with Gasteiger partial charge in [0.15, 0.2) is 0 Å². The fourth-order valence-corrected chi connectivity index (χ4v) is 3.20. The van der Waals surface area contributed by atoms with E-state index in [1.165, 1.54) is 24.0 Å². The van der Waals surface area contributed by atoms with Crippen molar-refractivity contribution in [2.75, 3.05) is 11.9 Å². The van der Waals surface area contributed by atoms with Crippen LogP contribution in [0.4, 0.5) is 5.82 Å². The molecule has 0 spiro atoms. The molecule has 2 heterocycles. The van der Waals surface area contributed by atoms with Gasteiger partial charge in [-0.15, -0.1) is 0 Å². The molecule has 0 bridgehead atoms. The minimum absolute atomic E-state index is 0.673. The van der Waals surface area contributed by atoms with Gasteiger partial charge in [-0.05, 0) is 66.9 Å². The molecule has 1 aliphatic carbocycles. The summed E-state index contributed by atoms with van der Waals surface area (Å²) in [5.74, 6) is 1.13. The van der Waals surface area contributed by atoms with E-state index < -0.39 is 0 Å². The van der Waals surface area contributed by atoms with Gasteiger partial charge in [0.05, 0.1) is 0 Å². The van der Waals surface area contributed by atoms with Crippen molar-refractivity contribution >= 4 is 17.2 Å². The summed E-state index contributed by atoms with van der Waals surface area (Å²) >= 11 is 1.77. The molecule has 3 nitrogen and oxygen atoms in total. The van der Waals surface area contributed by atoms with Crippen molar-refractivity contribution in [3.63, 3.8) is 0 Å². The van der Waals surface area contributed by atoms with E-state index in [2.05, 4.69) is 46.1 Å². The molecule has 0 atom stereocenters. The molecule has 0 aromatic carbocycles. The van der Waals surface area contributed by atoms with E-state index in [9.17, 15) is 0 Å². The molecule has 0 aliphatic heterocycles. The van der Waals surface area contributed by atoms with Gasteiger partial charge >= 0.3 is 0 Å². The van der Waals surface area contributed by atoms with Crippen LogP contribution in [0.1, 0.15) is 29.7 Å². The van der Waals surface area contributed by atoms with E-state index in [1.807, 2.05) is 7.05 Å². The summed E-state index contributed by atoms with van der Waals surface area (Å²) in [6.07, 6.45) is 2.59. The molecule has 0 radical (unpaired) electrons. The standard InChI is InChI=1S/C16H21N3S/c1-12-7-14(9-17-2)8-16(18-12)19(15-3-4-15)10-13-5-6-20-11-13/h5-8,11,15,17H,3-4,9-10H2,1-2H3. The molecule has 20 heavy (non-hydrogen) atoms. The summed E-state index contributed by atoms with van der Waals surface area (Å²) in [6.45, 7) is 3.95. The molecular weight excluding hydrogens is 266 g/mol. The van der Waals surface area contributed by atoms with E-state index in [-0.39, 0.29) is 0 Å². The van der Waals surface area contributed by atoms with E-state index >= 15 is 0 Å². The Morgan fingerprint density at radius 3 is 2.85 bits per heavy atom. The van der Waals surface area contributed by atoms with Crippen molar-refractivity contribution in [3.05, 3.63) is 45.8 Å². The largest absolute Gasteiger partial charge is 0.349 e. The first-order valence-electron chi connectivity index (χ1n) is 7.16. The number of pyridine rings is 1. The summed E-state index contributed by atoms with van der Waals surface area (Å²) in [6, 6.07) is 7.28.